The minimum Gasteiger partial charge on any atom is -0.497 e. The van der Waals surface area contributed by atoms with Gasteiger partial charge in [-0.1, -0.05) is 12.1 Å². The van der Waals surface area contributed by atoms with E-state index in [0.717, 1.165) is 5.56 Å². The van der Waals surface area contributed by atoms with Crippen molar-refractivity contribution in [3.63, 3.8) is 0 Å². The summed E-state index contributed by atoms with van der Waals surface area (Å²) in [5, 5.41) is 16.6. The number of benzene rings is 2. The number of para-hydroxylation sites is 1. The summed E-state index contributed by atoms with van der Waals surface area (Å²) >= 11 is 0. The van der Waals surface area contributed by atoms with Crippen molar-refractivity contribution in [3.8, 4) is 5.75 Å². The van der Waals surface area contributed by atoms with Gasteiger partial charge in [-0.15, -0.1) is 0 Å². The Morgan fingerprint density at radius 1 is 1.12 bits per heavy atom. The van der Waals surface area contributed by atoms with Crippen molar-refractivity contribution < 1.29 is 14.5 Å². The van der Waals surface area contributed by atoms with E-state index in [-0.39, 0.29) is 5.69 Å². The highest BCUT2D eigenvalue weighted by molar-refractivity contribution is 5.88. The number of nitrogens with zero attached hydrogens (tertiary/aromatic N) is 1. The number of methoxy groups -OCH3 is 1. The largest absolute Gasteiger partial charge is 0.497 e. The zero-order chi connectivity index (χ0) is 17.1. The molecule has 1 heterocycles. The molecule has 0 spiro atoms. The predicted molar refractivity (Wildman–Crippen MR) is 88.5 cm³/mol. The first-order valence-corrected chi connectivity index (χ1v) is 7.25. The molecule has 1 atom stereocenters. The molecule has 7 nitrogen and oxygen atoms in total. The van der Waals surface area contributed by atoms with Gasteiger partial charge < -0.3 is 15.4 Å². The molecule has 2 aromatic carbocycles. The number of nitro benzene ring substituents is 1. The van der Waals surface area contributed by atoms with E-state index in [9.17, 15) is 14.9 Å². The van der Waals surface area contributed by atoms with Gasteiger partial charge >= 0.3 is 6.03 Å². The summed E-state index contributed by atoms with van der Waals surface area (Å²) < 4.78 is 5.12. The van der Waals surface area contributed by atoms with Crippen LogP contribution in [0.5, 0.6) is 5.75 Å². The number of nitro groups is 1. The van der Waals surface area contributed by atoms with Crippen LogP contribution in [0.1, 0.15) is 17.2 Å². The lowest BCUT2D eigenvalue weighted by molar-refractivity contribution is -0.385. The smallest absolute Gasteiger partial charge is 0.319 e. The second-order valence-electron chi connectivity index (χ2n) is 5.20. The van der Waals surface area contributed by atoms with E-state index < -0.39 is 17.0 Å². The van der Waals surface area contributed by atoms with E-state index in [0.29, 0.717) is 17.0 Å². The molecule has 0 fully saturated rings. The molecule has 7 heteroatoms. The molecule has 0 radical (unpaired) electrons. The van der Waals surface area contributed by atoms with Gasteiger partial charge in [-0.05, 0) is 42.0 Å². The molecule has 2 N–H and O–H groups in total. The Morgan fingerprint density at radius 3 is 2.50 bits per heavy atom. The van der Waals surface area contributed by atoms with Crippen molar-refractivity contribution in [3.05, 3.63) is 75.8 Å². The maximum Gasteiger partial charge on any atom is 0.319 e. The molecule has 2 aromatic rings. The SMILES string of the molecule is COc1ccc(C2=CC(c3ccccc3[N+](=O)[O-])NC(=O)N2)cc1. The van der Waals surface area contributed by atoms with Crippen molar-refractivity contribution in [1.82, 2.24) is 10.6 Å². The van der Waals surface area contributed by atoms with Crippen molar-refractivity contribution in [2.45, 2.75) is 6.04 Å². The van der Waals surface area contributed by atoms with Gasteiger partial charge in [0.25, 0.3) is 5.69 Å². The van der Waals surface area contributed by atoms with Crippen LogP contribution in [0.2, 0.25) is 0 Å². The minimum absolute atomic E-state index is 0.0324. The number of hydrogen-bond donors (Lipinski definition) is 2. The van der Waals surface area contributed by atoms with Gasteiger partial charge in [-0.3, -0.25) is 10.1 Å². The molecule has 122 valence electrons. The van der Waals surface area contributed by atoms with Crippen molar-refractivity contribution in [2.24, 2.45) is 0 Å². The zero-order valence-corrected chi connectivity index (χ0v) is 12.9. The van der Waals surface area contributed by atoms with Gasteiger partial charge in [-0.25, -0.2) is 4.79 Å². The summed E-state index contributed by atoms with van der Waals surface area (Å²) in [6.45, 7) is 0. The van der Waals surface area contributed by atoms with Crippen LogP contribution >= 0.6 is 0 Å². The Labute approximate surface area is 138 Å². The molecule has 0 aromatic heterocycles. The molecular formula is C17H15N3O4. The second kappa shape index (κ2) is 6.41. The highest BCUT2D eigenvalue weighted by atomic mass is 16.6. The first-order chi connectivity index (χ1) is 11.6. The van der Waals surface area contributed by atoms with E-state index >= 15 is 0 Å². The van der Waals surface area contributed by atoms with E-state index in [1.54, 1.807) is 43.5 Å². The van der Waals surface area contributed by atoms with Gasteiger partial charge in [0.2, 0.25) is 0 Å². The van der Waals surface area contributed by atoms with E-state index in [2.05, 4.69) is 10.6 Å². The lowest BCUT2D eigenvalue weighted by Gasteiger charge is -2.24. The molecule has 2 amide bonds. The maximum atomic E-state index is 12.0. The standard InChI is InChI=1S/C17H15N3O4/c1-24-12-8-6-11(7-9-12)14-10-15(19-17(21)18-14)13-4-2-3-5-16(13)20(22)23/h2-10,15H,1H3,(H2,18,19,21). The average Bonchev–Trinajstić information content (AvgIpc) is 2.61. The highest BCUT2D eigenvalue weighted by Gasteiger charge is 2.26. The maximum absolute atomic E-state index is 12.0. The Hall–Kier alpha value is -3.35. The van der Waals surface area contributed by atoms with Crippen LogP contribution < -0.4 is 15.4 Å². The molecule has 0 saturated carbocycles. The third-order valence-corrected chi connectivity index (χ3v) is 3.74. The third kappa shape index (κ3) is 3.05. The van der Waals surface area contributed by atoms with Gasteiger partial charge in [0, 0.05) is 11.8 Å². The molecule has 1 aliphatic rings. The van der Waals surface area contributed by atoms with Crippen molar-refractivity contribution >= 4 is 17.4 Å². The first kappa shape index (κ1) is 15.5. The molecule has 1 aliphatic heterocycles. The summed E-state index contributed by atoms with van der Waals surface area (Å²) in [4.78, 5) is 22.7. The number of nitrogens with one attached hydrogen (secondary N) is 2. The molecule has 1 unspecified atom stereocenters. The summed E-state index contributed by atoms with van der Waals surface area (Å²) in [5.41, 5.74) is 1.78. The van der Waals surface area contributed by atoms with Gasteiger partial charge in [-0.2, -0.15) is 0 Å². The summed E-state index contributed by atoms with van der Waals surface area (Å²) in [6, 6.07) is 12.6. The fraction of sp³-hybridized carbons (Fsp3) is 0.118. The number of urea groups is 1. The molecule has 0 bridgehead atoms. The predicted octanol–water partition coefficient (Wildman–Crippen LogP) is 3.00. The summed E-state index contributed by atoms with van der Waals surface area (Å²) in [7, 11) is 1.57. The van der Waals surface area contributed by atoms with Gasteiger partial charge in [0.15, 0.2) is 0 Å². The second-order valence-corrected chi connectivity index (χ2v) is 5.20. The minimum atomic E-state index is -0.586. The van der Waals surface area contributed by atoms with Crippen LogP contribution in [0, 0.1) is 10.1 Å². The van der Waals surface area contributed by atoms with E-state index in [1.807, 2.05) is 12.1 Å². The van der Waals surface area contributed by atoms with Gasteiger partial charge in [0.1, 0.15) is 5.75 Å². The molecular weight excluding hydrogens is 310 g/mol. The van der Waals surface area contributed by atoms with Crippen LogP contribution in [0.25, 0.3) is 5.70 Å². The fourth-order valence-corrected chi connectivity index (χ4v) is 2.57. The topological polar surface area (TPSA) is 93.5 Å². The van der Waals surface area contributed by atoms with Crippen LogP contribution in [0.15, 0.2) is 54.6 Å². The van der Waals surface area contributed by atoms with Crippen molar-refractivity contribution in [2.75, 3.05) is 7.11 Å². The summed E-state index contributed by atoms with van der Waals surface area (Å²) in [5.74, 6) is 0.704. The lowest BCUT2D eigenvalue weighted by atomic mass is 10.00. The number of carbonyl (C=O) groups excluding carboxylic acids is 1. The molecule has 0 saturated heterocycles. The van der Waals surface area contributed by atoms with Crippen molar-refractivity contribution in [1.29, 1.82) is 0 Å². The molecule has 0 aliphatic carbocycles. The Morgan fingerprint density at radius 2 is 1.83 bits per heavy atom. The van der Waals surface area contributed by atoms with Crippen LogP contribution in [-0.4, -0.2) is 18.1 Å². The zero-order valence-electron chi connectivity index (χ0n) is 12.9. The number of rotatable bonds is 4. The molecule has 3 rings (SSSR count). The molecule has 24 heavy (non-hydrogen) atoms. The van der Waals surface area contributed by atoms with Crippen LogP contribution in [0.3, 0.4) is 0 Å². The number of amides is 2. The lowest BCUT2D eigenvalue weighted by Crippen LogP contribution is -2.40. The number of ether oxygens (including phenoxy) is 1. The third-order valence-electron chi connectivity index (χ3n) is 3.74. The Bertz CT molecular complexity index is 815. The van der Waals surface area contributed by atoms with E-state index in [1.165, 1.54) is 6.07 Å². The highest BCUT2D eigenvalue weighted by Crippen LogP contribution is 2.30. The average molecular weight is 325 g/mol. The van der Waals surface area contributed by atoms with Crippen LogP contribution in [0.4, 0.5) is 10.5 Å². The quantitative estimate of drug-likeness (QED) is 0.667. The van der Waals surface area contributed by atoms with Crippen LogP contribution in [-0.2, 0) is 0 Å². The Kier molecular flexibility index (Phi) is 4.15. The fourth-order valence-electron chi connectivity index (χ4n) is 2.57. The summed E-state index contributed by atoms with van der Waals surface area (Å²) in [6.07, 6.45) is 1.76. The van der Waals surface area contributed by atoms with Gasteiger partial charge in [0.05, 0.1) is 23.6 Å². The monoisotopic (exact) mass is 325 g/mol. The number of hydrogen-bond acceptors (Lipinski definition) is 4. The normalized spacial score (nSPS) is 16.6. The number of carbonyl (C=O) groups is 1. The Balaban J connectivity index is 2.00. The first-order valence-electron chi connectivity index (χ1n) is 7.25. The van der Waals surface area contributed by atoms with E-state index in [4.69, 9.17) is 4.74 Å².